The van der Waals surface area contributed by atoms with Gasteiger partial charge in [0, 0.05) is 12.4 Å². The largest absolute Gasteiger partial charge is 0.464 e. The van der Waals surface area contributed by atoms with E-state index in [1.54, 1.807) is 6.20 Å². The van der Waals surface area contributed by atoms with Gasteiger partial charge in [0.2, 0.25) is 0 Å². The summed E-state index contributed by atoms with van der Waals surface area (Å²) < 4.78 is 7.43. The fourth-order valence-corrected chi connectivity index (χ4v) is 2.08. The molecule has 114 valence electrons. The highest BCUT2D eigenvalue weighted by molar-refractivity contribution is 9.10. The number of imidazole rings is 1. The number of hydrogen-bond donors (Lipinski definition) is 1. The molecule has 0 unspecified atom stereocenters. The Morgan fingerprint density at radius 3 is 2.68 bits per heavy atom. The van der Waals surface area contributed by atoms with Crippen LogP contribution in [0.25, 0.3) is 11.2 Å². The summed E-state index contributed by atoms with van der Waals surface area (Å²) in [7, 11) is 1.16. The van der Waals surface area contributed by atoms with Gasteiger partial charge in [0.25, 0.3) is 11.5 Å². The molecule has 2 aromatic rings. The second-order valence-electron chi connectivity index (χ2n) is 4.13. The molecule has 0 bridgehead atoms. The van der Waals surface area contributed by atoms with Crippen molar-refractivity contribution in [1.29, 1.82) is 0 Å². The van der Waals surface area contributed by atoms with Crippen molar-refractivity contribution >= 4 is 39.0 Å². The molecule has 0 saturated heterocycles. The molecule has 0 fully saturated rings. The van der Waals surface area contributed by atoms with Crippen molar-refractivity contribution < 1.29 is 14.3 Å². The first-order valence-electron chi connectivity index (χ1n) is 5.89. The van der Waals surface area contributed by atoms with Gasteiger partial charge in [-0.1, -0.05) is 13.2 Å². The second-order valence-corrected chi connectivity index (χ2v) is 4.84. The highest BCUT2D eigenvalue weighted by Gasteiger charge is 2.17. The van der Waals surface area contributed by atoms with E-state index in [-0.39, 0.29) is 16.9 Å². The van der Waals surface area contributed by atoms with E-state index in [1.165, 1.54) is 16.8 Å². The number of hydrogen-bond acceptors (Lipinski definition) is 5. The average molecular weight is 367 g/mol. The van der Waals surface area contributed by atoms with Crippen LogP contribution in [0.5, 0.6) is 0 Å². The smallest absolute Gasteiger partial charge is 0.353 e. The van der Waals surface area contributed by atoms with E-state index < -0.39 is 17.4 Å². The Hall–Kier alpha value is -2.68. The summed E-state index contributed by atoms with van der Waals surface area (Å²) in [6.07, 6.45) is 4.27. The van der Waals surface area contributed by atoms with Gasteiger partial charge in [0.15, 0.2) is 4.73 Å². The summed E-state index contributed by atoms with van der Waals surface area (Å²) >= 11 is 3.19. The second kappa shape index (κ2) is 5.98. The molecule has 22 heavy (non-hydrogen) atoms. The number of amides is 1. The highest BCUT2D eigenvalue weighted by atomic mass is 79.9. The predicted octanol–water partition coefficient (Wildman–Crippen LogP) is 0.532. The van der Waals surface area contributed by atoms with Gasteiger partial charge in [-0.25, -0.2) is 9.78 Å². The molecule has 1 amide bonds. The van der Waals surface area contributed by atoms with Crippen molar-refractivity contribution in [2.24, 2.45) is 0 Å². The van der Waals surface area contributed by atoms with Crippen molar-refractivity contribution in [3.05, 3.63) is 52.5 Å². The van der Waals surface area contributed by atoms with Gasteiger partial charge < -0.3 is 10.1 Å². The van der Waals surface area contributed by atoms with E-state index in [2.05, 4.69) is 44.1 Å². The number of carbonyl (C=O) groups is 2. The number of rotatable bonds is 4. The van der Waals surface area contributed by atoms with Crippen LogP contribution in [0.4, 0.5) is 0 Å². The Labute approximate surface area is 132 Å². The van der Waals surface area contributed by atoms with E-state index in [1.807, 2.05) is 0 Å². The SMILES string of the molecule is C=C(NC(=O)C(=C)n1ccn2c(Br)ncc2c1=O)C(=O)OC. The van der Waals surface area contributed by atoms with E-state index in [9.17, 15) is 14.4 Å². The lowest BCUT2D eigenvalue weighted by Crippen LogP contribution is -2.32. The van der Waals surface area contributed by atoms with Gasteiger partial charge in [-0.15, -0.1) is 0 Å². The zero-order chi connectivity index (χ0) is 16.4. The van der Waals surface area contributed by atoms with Crippen LogP contribution < -0.4 is 10.9 Å². The molecule has 2 aromatic heterocycles. The van der Waals surface area contributed by atoms with Gasteiger partial charge >= 0.3 is 5.97 Å². The molecule has 2 rings (SSSR count). The molecule has 0 aliphatic carbocycles. The lowest BCUT2D eigenvalue weighted by Gasteiger charge is -2.10. The van der Waals surface area contributed by atoms with E-state index in [0.29, 0.717) is 4.73 Å². The van der Waals surface area contributed by atoms with Gasteiger partial charge in [-0.05, 0) is 15.9 Å². The van der Waals surface area contributed by atoms with Gasteiger partial charge in [-0.3, -0.25) is 18.6 Å². The van der Waals surface area contributed by atoms with Crippen LogP contribution in [0.2, 0.25) is 0 Å². The molecule has 1 N–H and O–H groups in total. The van der Waals surface area contributed by atoms with Gasteiger partial charge in [0.05, 0.1) is 13.3 Å². The number of halogens is 1. The summed E-state index contributed by atoms with van der Waals surface area (Å²) in [6, 6.07) is 0. The molecule has 0 aromatic carbocycles. The number of carbonyl (C=O) groups excluding carboxylic acids is 2. The number of nitrogens with one attached hydrogen (secondary N) is 1. The monoisotopic (exact) mass is 366 g/mol. The summed E-state index contributed by atoms with van der Waals surface area (Å²) in [5, 5.41) is 2.21. The molecule has 0 saturated carbocycles. The quantitative estimate of drug-likeness (QED) is 0.629. The summed E-state index contributed by atoms with van der Waals surface area (Å²) in [5.74, 6) is -1.54. The molecular weight excluding hydrogens is 356 g/mol. The molecule has 0 atom stereocenters. The van der Waals surface area contributed by atoms with Crippen molar-refractivity contribution in [2.45, 2.75) is 0 Å². The van der Waals surface area contributed by atoms with Crippen LogP contribution in [-0.2, 0) is 14.3 Å². The van der Waals surface area contributed by atoms with Crippen LogP contribution in [-0.4, -0.2) is 32.9 Å². The number of fused-ring (bicyclic) bond motifs is 1. The van der Waals surface area contributed by atoms with E-state index >= 15 is 0 Å². The Kier molecular flexibility index (Phi) is 4.27. The third-order valence-corrected chi connectivity index (χ3v) is 3.39. The van der Waals surface area contributed by atoms with Crippen LogP contribution >= 0.6 is 15.9 Å². The Morgan fingerprint density at radius 2 is 2.05 bits per heavy atom. The van der Waals surface area contributed by atoms with Crippen molar-refractivity contribution in [1.82, 2.24) is 19.3 Å². The molecule has 0 radical (unpaired) electrons. The Bertz CT molecular complexity index is 865. The number of aromatic nitrogens is 3. The molecule has 0 aliphatic rings. The third-order valence-electron chi connectivity index (χ3n) is 2.80. The maximum atomic E-state index is 12.3. The minimum absolute atomic E-state index is 0.171. The number of ether oxygens (including phenoxy) is 1. The van der Waals surface area contributed by atoms with Crippen molar-refractivity contribution in [3.8, 4) is 0 Å². The standard InChI is InChI=1S/C13H11BrN4O4/c1-7(12(21)22-3)16-10(19)8(2)17-4-5-18-9(11(17)20)6-15-13(18)14/h4-6H,1-2H2,3H3,(H,16,19). The molecular formula is C13H11BrN4O4. The van der Waals surface area contributed by atoms with Crippen LogP contribution in [0.1, 0.15) is 0 Å². The highest BCUT2D eigenvalue weighted by Crippen LogP contribution is 2.10. The molecule has 0 aliphatic heterocycles. The minimum Gasteiger partial charge on any atom is -0.464 e. The molecule has 9 heteroatoms. The normalized spacial score (nSPS) is 10.3. The Balaban J connectivity index is 2.32. The lowest BCUT2D eigenvalue weighted by atomic mass is 10.4. The maximum absolute atomic E-state index is 12.3. The summed E-state index contributed by atoms with van der Waals surface area (Å²) in [4.78, 5) is 39.4. The number of esters is 1. The maximum Gasteiger partial charge on any atom is 0.353 e. The zero-order valence-electron chi connectivity index (χ0n) is 11.5. The zero-order valence-corrected chi connectivity index (χ0v) is 13.1. The number of methoxy groups -OCH3 is 1. The average Bonchev–Trinajstić information content (AvgIpc) is 2.88. The summed E-state index contributed by atoms with van der Waals surface area (Å²) in [5.41, 5.74) is -0.649. The molecule has 8 nitrogen and oxygen atoms in total. The summed E-state index contributed by atoms with van der Waals surface area (Å²) in [6.45, 7) is 6.92. The Morgan fingerprint density at radius 1 is 1.36 bits per heavy atom. The van der Waals surface area contributed by atoms with Gasteiger partial charge in [-0.2, -0.15) is 0 Å². The first-order chi connectivity index (χ1) is 10.4. The lowest BCUT2D eigenvalue weighted by molar-refractivity contribution is -0.137. The van der Waals surface area contributed by atoms with E-state index in [0.717, 1.165) is 11.7 Å². The van der Waals surface area contributed by atoms with Crippen molar-refractivity contribution in [2.75, 3.05) is 7.11 Å². The first kappa shape index (κ1) is 15.7. The van der Waals surface area contributed by atoms with Crippen molar-refractivity contribution in [3.63, 3.8) is 0 Å². The van der Waals surface area contributed by atoms with Crippen LogP contribution in [0.3, 0.4) is 0 Å². The van der Waals surface area contributed by atoms with E-state index in [4.69, 9.17) is 0 Å². The predicted molar refractivity (Wildman–Crippen MR) is 81.8 cm³/mol. The third kappa shape index (κ3) is 2.70. The topological polar surface area (TPSA) is 94.7 Å². The van der Waals surface area contributed by atoms with Gasteiger partial charge in [0.1, 0.15) is 16.9 Å². The fourth-order valence-electron chi connectivity index (χ4n) is 1.67. The van der Waals surface area contributed by atoms with Crippen LogP contribution in [0, 0.1) is 0 Å². The van der Waals surface area contributed by atoms with Crippen LogP contribution in [0.15, 0.2) is 47.0 Å². The molecule has 0 spiro atoms. The first-order valence-corrected chi connectivity index (χ1v) is 6.68. The minimum atomic E-state index is -0.788. The fraction of sp³-hybridized carbons (Fsp3) is 0.0769. The molecule has 2 heterocycles. The number of nitrogens with zero attached hydrogens (tertiary/aromatic N) is 3.